The first-order valence-electron chi connectivity index (χ1n) is 35.8. The molecule has 2 aromatic heterocycles. The number of fused-ring (bicyclic) bond motifs is 18. The van der Waals surface area contributed by atoms with Crippen molar-refractivity contribution < 1.29 is 0 Å². The molecule has 2 atom stereocenters. The summed E-state index contributed by atoms with van der Waals surface area (Å²) in [5.41, 5.74) is 21.6. The van der Waals surface area contributed by atoms with Crippen LogP contribution < -0.4 is 9.80 Å². The van der Waals surface area contributed by atoms with Crippen molar-refractivity contribution in [2.24, 2.45) is 0 Å². The fourth-order valence-electron chi connectivity index (χ4n) is 17.1. The van der Waals surface area contributed by atoms with Crippen LogP contribution in [-0.2, 0) is 10.8 Å². The fourth-order valence-corrected chi connectivity index (χ4v) is 24.2. The van der Waals surface area contributed by atoms with Crippen molar-refractivity contribution >= 4 is 144 Å². The van der Waals surface area contributed by atoms with Crippen molar-refractivity contribution in [3.05, 3.63) is 421 Å². The molecule has 4 heterocycles. The lowest BCUT2D eigenvalue weighted by Crippen LogP contribution is -2.28. The topological polar surface area (TPSA) is 6.48 Å². The SMILES string of the molecule is c1ccc(N(c2ccc(C3(c4ccc5sc6ccccc6c5c4)c4ccccc4-c4c3ccc3c4Sc4ccccc4S3)cc2)c2ccc3c(c2)sc2ccccc23)cc1.c1ccc(N(c2ccccc2)c2ccc(C3(c4ccccc4)c4ccccc4-c4c3ccc3c4Sc4ccccc4S3)cc2)cc1. The van der Waals surface area contributed by atoms with Gasteiger partial charge < -0.3 is 9.80 Å². The van der Waals surface area contributed by atoms with Crippen LogP contribution in [0.25, 0.3) is 62.6 Å². The van der Waals surface area contributed by atoms with Gasteiger partial charge in [0.05, 0.1) is 10.8 Å². The minimum atomic E-state index is -0.549. The van der Waals surface area contributed by atoms with Crippen LogP contribution in [0.1, 0.15) is 44.5 Å². The Kier molecular flexibility index (Phi) is 15.5. The molecule has 22 rings (SSSR count). The molecule has 0 bridgehead atoms. The second kappa shape index (κ2) is 25.9. The molecule has 0 fully saturated rings. The largest absolute Gasteiger partial charge is 0.311 e. The van der Waals surface area contributed by atoms with E-state index in [1.165, 1.54) is 146 Å². The Hall–Kier alpha value is -11.0. The molecular formula is C98H62N2S6. The van der Waals surface area contributed by atoms with Gasteiger partial charge in [-0.25, -0.2) is 0 Å². The highest BCUT2D eigenvalue weighted by Crippen LogP contribution is 2.65. The summed E-state index contributed by atoms with van der Waals surface area (Å²) in [5.74, 6) is 0. The maximum Gasteiger partial charge on any atom is 0.0714 e. The van der Waals surface area contributed by atoms with Gasteiger partial charge in [-0.3, -0.25) is 0 Å². The van der Waals surface area contributed by atoms with Gasteiger partial charge >= 0.3 is 0 Å². The Morgan fingerprint density at radius 1 is 0.198 bits per heavy atom. The lowest BCUT2D eigenvalue weighted by Gasteiger charge is -2.35. The summed E-state index contributed by atoms with van der Waals surface area (Å²) in [5, 5.41) is 5.26. The van der Waals surface area contributed by atoms with Gasteiger partial charge in [0, 0.05) is 125 Å². The third kappa shape index (κ3) is 10.1. The zero-order valence-electron chi connectivity index (χ0n) is 57.1. The van der Waals surface area contributed by atoms with Gasteiger partial charge in [0.25, 0.3) is 0 Å². The van der Waals surface area contributed by atoms with Crippen molar-refractivity contribution in [1.29, 1.82) is 0 Å². The van der Waals surface area contributed by atoms with E-state index >= 15 is 0 Å². The second-order valence-electron chi connectivity index (χ2n) is 27.2. The smallest absolute Gasteiger partial charge is 0.0714 e. The quantitative estimate of drug-likeness (QED) is 0.134. The Bertz CT molecular complexity index is 6430. The van der Waals surface area contributed by atoms with Crippen LogP contribution in [0.2, 0.25) is 0 Å². The standard InChI is InChI=1S/C55H33NS4.C43H29NS2/c1-2-12-36(13-3-1)56(38-27-28-41-39-14-5-8-18-46(39)58-52(41)33-38)37-25-22-34(23-26-37)55(35-24-30-48-43(32-35)40-15-6-9-19-47(40)57-48)44-17-7-4-16-42(44)53-45(55)29-31-51-54(53)60-50-21-11-10-20-49(50)59-51;1-4-14-30(15-5-1)43(31-24-26-34(27-25-31)44(32-16-6-2-7-17-32)33-18-8-3-9-19-33)36-21-11-10-20-35(36)41-37(43)28-29-40-42(41)46-39-23-13-12-22-38(39)45-40/h1-33H;1-29H. The van der Waals surface area contributed by atoms with E-state index < -0.39 is 10.8 Å². The molecule has 0 spiro atoms. The first-order valence-corrected chi connectivity index (χ1v) is 40.7. The zero-order chi connectivity index (χ0) is 69.9. The first-order chi connectivity index (χ1) is 52.5. The first kappa shape index (κ1) is 63.4. The summed E-state index contributed by atoms with van der Waals surface area (Å²) >= 11 is 11.4. The molecule has 0 saturated heterocycles. The number of para-hydroxylation sites is 3. The molecule has 2 unspecified atom stereocenters. The van der Waals surface area contributed by atoms with Crippen LogP contribution in [0, 0.1) is 0 Å². The summed E-state index contributed by atoms with van der Waals surface area (Å²) in [7, 11) is 0. The van der Waals surface area contributed by atoms with Crippen LogP contribution in [-0.4, -0.2) is 0 Å². The normalized spacial score (nSPS) is 15.5. The van der Waals surface area contributed by atoms with Crippen molar-refractivity contribution in [3.8, 4) is 22.3 Å². The number of nitrogens with zero attached hydrogens (tertiary/aromatic N) is 2. The predicted molar refractivity (Wildman–Crippen MR) is 452 cm³/mol. The lowest BCUT2D eigenvalue weighted by atomic mass is 9.67. The fraction of sp³-hybridized carbons (Fsp3) is 0.0204. The van der Waals surface area contributed by atoms with Crippen molar-refractivity contribution in [2.45, 2.75) is 50.0 Å². The van der Waals surface area contributed by atoms with Crippen LogP contribution in [0.4, 0.5) is 34.1 Å². The molecule has 2 aliphatic heterocycles. The highest BCUT2D eigenvalue weighted by molar-refractivity contribution is 8.05. The molecule has 16 aromatic carbocycles. The molecule has 500 valence electrons. The summed E-state index contributed by atoms with van der Waals surface area (Å²) in [6.45, 7) is 0. The molecule has 0 saturated carbocycles. The minimum Gasteiger partial charge on any atom is -0.311 e. The van der Waals surface area contributed by atoms with Crippen LogP contribution in [0.5, 0.6) is 0 Å². The number of hydrogen-bond acceptors (Lipinski definition) is 8. The summed E-state index contributed by atoms with van der Waals surface area (Å²) < 4.78 is 5.26. The molecule has 18 aromatic rings. The Balaban J connectivity index is 0.000000141. The highest BCUT2D eigenvalue weighted by Gasteiger charge is 2.50. The van der Waals surface area contributed by atoms with E-state index in [0.29, 0.717) is 0 Å². The molecule has 106 heavy (non-hydrogen) atoms. The average Bonchev–Trinajstić information content (AvgIpc) is 1.53. The molecule has 0 amide bonds. The van der Waals surface area contributed by atoms with Crippen molar-refractivity contribution in [3.63, 3.8) is 0 Å². The monoisotopic (exact) mass is 1460 g/mol. The number of rotatable bonds is 10. The zero-order valence-corrected chi connectivity index (χ0v) is 62.0. The minimum absolute atomic E-state index is 0.451. The number of anilines is 6. The van der Waals surface area contributed by atoms with E-state index in [0.717, 1.165) is 34.1 Å². The van der Waals surface area contributed by atoms with Crippen molar-refractivity contribution in [1.82, 2.24) is 0 Å². The van der Waals surface area contributed by atoms with Gasteiger partial charge in [0.2, 0.25) is 0 Å². The van der Waals surface area contributed by atoms with Gasteiger partial charge in [-0.15, -0.1) is 22.7 Å². The lowest BCUT2D eigenvalue weighted by molar-refractivity contribution is 0.766. The summed E-state index contributed by atoms with van der Waals surface area (Å²) in [6, 6.07) is 139. The third-order valence-corrected chi connectivity index (χ3v) is 29.1. The Labute approximate surface area is 641 Å². The summed E-state index contributed by atoms with van der Waals surface area (Å²) in [4.78, 5) is 15.4. The number of hydrogen-bond donors (Lipinski definition) is 0. The Morgan fingerprint density at radius 2 is 0.547 bits per heavy atom. The number of benzene rings is 16. The highest BCUT2D eigenvalue weighted by atomic mass is 32.2. The van der Waals surface area contributed by atoms with E-state index in [1.807, 2.05) is 69.7 Å². The molecule has 0 N–H and O–H groups in total. The van der Waals surface area contributed by atoms with Gasteiger partial charge in [-0.05, 0) is 189 Å². The maximum atomic E-state index is 2.50. The maximum absolute atomic E-state index is 2.50. The third-order valence-electron chi connectivity index (χ3n) is 21.6. The van der Waals surface area contributed by atoms with E-state index in [4.69, 9.17) is 0 Å². The van der Waals surface area contributed by atoms with Gasteiger partial charge in [-0.2, -0.15) is 0 Å². The van der Waals surface area contributed by atoms with Crippen LogP contribution in [0.15, 0.2) is 415 Å². The van der Waals surface area contributed by atoms with E-state index in [2.05, 4.69) is 386 Å². The van der Waals surface area contributed by atoms with Crippen LogP contribution in [0.3, 0.4) is 0 Å². The molecule has 2 nitrogen and oxygen atoms in total. The number of thiophene rings is 2. The van der Waals surface area contributed by atoms with Crippen molar-refractivity contribution in [2.75, 3.05) is 9.80 Å². The van der Waals surface area contributed by atoms with E-state index in [1.54, 1.807) is 0 Å². The van der Waals surface area contributed by atoms with E-state index in [-0.39, 0.29) is 0 Å². The molecule has 2 aliphatic carbocycles. The van der Waals surface area contributed by atoms with Gasteiger partial charge in [0.15, 0.2) is 0 Å². The van der Waals surface area contributed by atoms with Gasteiger partial charge in [0.1, 0.15) is 0 Å². The molecule has 8 heteroatoms. The molecule has 0 radical (unpaired) electrons. The van der Waals surface area contributed by atoms with E-state index in [9.17, 15) is 0 Å². The Morgan fingerprint density at radius 3 is 1.06 bits per heavy atom. The average molecular weight is 1460 g/mol. The molecule has 4 aliphatic rings. The van der Waals surface area contributed by atoms with Gasteiger partial charge in [-0.1, -0.05) is 290 Å². The second-order valence-corrected chi connectivity index (χ2v) is 33.7. The predicted octanol–water partition coefficient (Wildman–Crippen LogP) is 29.0. The summed E-state index contributed by atoms with van der Waals surface area (Å²) in [6.07, 6.45) is 0. The van der Waals surface area contributed by atoms with Crippen LogP contribution >= 0.6 is 69.7 Å². The molecular weight excluding hydrogens is 1400 g/mol.